The number of hydrogen-bond acceptors (Lipinski definition) is 4. The molecule has 2 unspecified atom stereocenters. The lowest BCUT2D eigenvalue weighted by molar-refractivity contribution is -0.120. The van der Waals surface area contributed by atoms with Crippen molar-refractivity contribution in [1.82, 2.24) is 14.9 Å². The zero-order chi connectivity index (χ0) is 24.1. The predicted octanol–water partition coefficient (Wildman–Crippen LogP) is 4.68. The van der Waals surface area contributed by atoms with Crippen LogP contribution in [0.2, 0.25) is 0 Å². The van der Waals surface area contributed by atoms with E-state index in [-0.39, 0.29) is 23.4 Å². The van der Waals surface area contributed by atoms with Crippen molar-refractivity contribution < 1.29 is 14.0 Å². The molecule has 4 aromatic rings. The van der Waals surface area contributed by atoms with Gasteiger partial charge in [-0.05, 0) is 48.9 Å². The Hall–Kier alpha value is -3.65. The van der Waals surface area contributed by atoms with Gasteiger partial charge in [-0.3, -0.25) is 9.59 Å². The van der Waals surface area contributed by atoms with Crippen LogP contribution >= 0.6 is 11.8 Å². The summed E-state index contributed by atoms with van der Waals surface area (Å²) in [4.78, 5) is 30.1. The first-order valence-electron chi connectivity index (χ1n) is 10.9. The third kappa shape index (κ3) is 5.46. The number of nitrogens with one attached hydrogen (secondary N) is 2. The number of carbonyl (C=O) groups is 2. The normalized spacial score (nSPS) is 12.8. The standard InChI is InChI=1S/C26H25FN4O2S/c1-17(34-16-23(32)28-20-14-12-19(27)13-15-20)26(33)30-24(18-8-4-3-5-9-18)25-29-21-10-6-7-11-22(21)31(25)2/h3-15,17,24H,16H2,1-2H3,(H,28,32)(H,30,33). The molecule has 1 heterocycles. The average Bonchev–Trinajstić information content (AvgIpc) is 3.19. The first-order chi connectivity index (χ1) is 16.4. The summed E-state index contributed by atoms with van der Waals surface area (Å²) in [7, 11) is 1.94. The molecular weight excluding hydrogens is 451 g/mol. The van der Waals surface area contributed by atoms with Gasteiger partial charge < -0.3 is 15.2 Å². The van der Waals surface area contributed by atoms with Crippen molar-refractivity contribution >= 4 is 40.3 Å². The van der Waals surface area contributed by atoms with E-state index in [0.29, 0.717) is 5.69 Å². The van der Waals surface area contributed by atoms with E-state index in [1.165, 1.54) is 36.0 Å². The Morgan fingerprint density at radius 3 is 2.38 bits per heavy atom. The summed E-state index contributed by atoms with van der Waals surface area (Å²) in [6.45, 7) is 1.77. The third-order valence-corrected chi connectivity index (χ3v) is 6.60. The Labute approximate surface area is 201 Å². The Morgan fingerprint density at radius 1 is 1.00 bits per heavy atom. The number of anilines is 1. The number of benzene rings is 3. The smallest absolute Gasteiger partial charge is 0.234 e. The van der Waals surface area contributed by atoms with Gasteiger partial charge in [-0.15, -0.1) is 11.8 Å². The van der Waals surface area contributed by atoms with Crippen LogP contribution in [0.5, 0.6) is 0 Å². The molecule has 0 aliphatic heterocycles. The maximum atomic E-state index is 13.1. The molecule has 0 radical (unpaired) electrons. The van der Waals surface area contributed by atoms with Gasteiger partial charge in [0.25, 0.3) is 0 Å². The lowest BCUT2D eigenvalue weighted by Crippen LogP contribution is -2.36. The molecule has 1 aromatic heterocycles. The zero-order valence-electron chi connectivity index (χ0n) is 18.9. The second-order valence-electron chi connectivity index (χ2n) is 7.88. The van der Waals surface area contributed by atoms with Crippen LogP contribution in [0.1, 0.15) is 24.4 Å². The molecule has 0 spiro atoms. The van der Waals surface area contributed by atoms with Crippen LogP contribution in [-0.2, 0) is 16.6 Å². The summed E-state index contributed by atoms with van der Waals surface area (Å²) in [6, 6.07) is 22.6. The number of fused-ring (bicyclic) bond motifs is 1. The van der Waals surface area contributed by atoms with Crippen LogP contribution in [0, 0.1) is 5.82 Å². The van der Waals surface area contributed by atoms with E-state index in [9.17, 15) is 14.0 Å². The molecular formula is C26H25FN4O2S. The van der Waals surface area contributed by atoms with Crippen molar-refractivity contribution in [3.63, 3.8) is 0 Å². The molecule has 0 saturated heterocycles. The first kappa shape index (κ1) is 23.5. The first-order valence-corrected chi connectivity index (χ1v) is 11.9. The number of rotatable bonds is 8. The Balaban J connectivity index is 1.45. The van der Waals surface area contributed by atoms with Crippen LogP contribution in [0.4, 0.5) is 10.1 Å². The number of halogens is 1. The molecule has 2 atom stereocenters. The number of amides is 2. The lowest BCUT2D eigenvalue weighted by atomic mass is 10.1. The van der Waals surface area contributed by atoms with E-state index in [1.807, 2.05) is 66.2 Å². The molecule has 2 N–H and O–H groups in total. The zero-order valence-corrected chi connectivity index (χ0v) is 19.7. The third-order valence-electron chi connectivity index (χ3n) is 5.46. The molecule has 6 nitrogen and oxygen atoms in total. The van der Waals surface area contributed by atoms with E-state index in [4.69, 9.17) is 4.98 Å². The van der Waals surface area contributed by atoms with Crippen molar-refractivity contribution in [3.05, 3.63) is 96.1 Å². The van der Waals surface area contributed by atoms with Crippen molar-refractivity contribution in [1.29, 1.82) is 0 Å². The Kier molecular flexibility index (Phi) is 7.27. The monoisotopic (exact) mass is 476 g/mol. The number of carbonyl (C=O) groups excluding carboxylic acids is 2. The highest BCUT2D eigenvalue weighted by atomic mass is 32.2. The highest BCUT2D eigenvalue weighted by Gasteiger charge is 2.25. The molecule has 3 aromatic carbocycles. The largest absolute Gasteiger partial charge is 0.341 e. The van der Waals surface area contributed by atoms with E-state index in [0.717, 1.165) is 22.4 Å². The molecule has 34 heavy (non-hydrogen) atoms. The molecule has 0 saturated carbocycles. The quantitative estimate of drug-likeness (QED) is 0.387. The van der Waals surface area contributed by atoms with Crippen molar-refractivity contribution in [2.75, 3.05) is 11.1 Å². The molecule has 4 rings (SSSR count). The molecule has 8 heteroatoms. The van der Waals surface area contributed by atoms with Crippen LogP contribution in [-0.4, -0.2) is 32.4 Å². The molecule has 0 bridgehead atoms. The van der Waals surface area contributed by atoms with Crippen molar-refractivity contribution in [2.45, 2.75) is 18.2 Å². The van der Waals surface area contributed by atoms with Gasteiger partial charge in [0.2, 0.25) is 11.8 Å². The predicted molar refractivity (Wildman–Crippen MR) is 134 cm³/mol. The summed E-state index contributed by atoms with van der Waals surface area (Å²) in [6.07, 6.45) is 0. The minimum Gasteiger partial charge on any atom is -0.341 e. The summed E-state index contributed by atoms with van der Waals surface area (Å²) < 4.78 is 15.0. The van der Waals surface area contributed by atoms with Crippen LogP contribution < -0.4 is 10.6 Å². The fourth-order valence-electron chi connectivity index (χ4n) is 3.63. The number of para-hydroxylation sites is 2. The van der Waals surface area contributed by atoms with Gasteiger partial charge in [0.1, 0.15) is 17.7 Å². The van der Waals surface area contributed by atoms with E-state index >= 15 is 0 Å². The second-order valence-corrected chi connectivity index (χ2v) is 9.21. The lowest BCUT2D eigenvalue weighted by Gasteiger charge is -2.21. The molecule has 0 fully saturated rings. The summed E-state index contributed by atoms with van der Waals surface area (Å²) in [5.41, 5.74) is 3.26. The highest BCUT2D eigenvalue weighted by molar-refractivity contribution is 8.01. The Morgan fingerprint density at radius 2 is 1.68 bits per heavy atom. The summed E-state index contributed by atoms with van der Waals surface area (Å²) >= 11 is 1.23. The maximum Gasteiger partial charge on any atom is 0.234 e. The van der Waals surface area contributed by atoms with Gasteiger partial charge in [-0.2, -0.15) is 0 Å². The number of aromatic nitrogens is 2. The van der Waals surface area contributed by atoms with Crippen LogP contribution in [0.15, 0.2) is 78.9 Å². The van der Waals surface area contributed by atoms with E-state index < -0.39 is 11.3 Å². The van der Waals surface area contributed by atoms with Crippen LogP contribution in [0.3, 0.4) is 0 Å². The molecule has 2 amide bonds. The average molecular weight is 477 g/mol. The SMILES string of the molecule is CC(SCC(=O)Nc1ccc(F)cc1)C(=O)NC(c1ccccc1)c1nc2ccccc2n1C. The topological polar surface area (TPSA) is 76.0 Å². The number of nitrogens with zero attached hydrogens (tertiary/aromatic N) is 2. The van der Waals surface area contributed by atoms with Crippen LogP contribution in [0.25, 0.3) is 11.0 Å². The van der Waals surface area contributed by atoms with Gasteiger partial charge in [0.15, 0.2) is 0 Å². The molecule has 0 aliphatic carbocycles. The minimum absolute atomic E-state index is 0.0915. The van der Waals surface area contributed by atoms with Gasteiger partial charge >= 0.3 is 0 Å². The second kappa shape index (κ2) is 10.5. The maximum absolute atomic E-state index is 13.1. The highest BCUT2D eigenvalue weighted by Crippen LogP contribution is 2.26. The van der Waals surface area contributed by atoms with E-state index in [2.05, 4.69) is 10.6 Å². The van der Waals surface area contributed by atoms with Gasteiger partial charge in [-0.1, -0.05) is 42.5 Å². The van der Waals surface area contributed by atoms with Crippen molar-refractivity contribution in [2.24, 2.45) is 7.05 Å². The number of imidazole rings is 1. The summed E-state index contributed by atoms with van der Waals surface area (Å²) in [5.74, 6) is -0.00111. The number of thioether (sulfide) groups is 1. The molecule has 174 valence electrons. The van der Waals surface area contributed by atoms with Gasteiger partial charge in [-0.25, -0.2) is 9.37 Å². The fraction of sp³-hybridized carbons (Fsp3) is 0.192. The number of aryl methyl sites for hydroxylation is 1. The molecule has 0 aliphatic rings. The van der Waals surface area contributed by atoms with Gasteiger partial charge in [0, 0.05) is 12.7 Å². The summed E-state index contributed by atoms with van der Waals surface area (Å²) in [5, 5.41) is 5.35. The van der Waals surface area contributed by atoms with Crippen molar-refractivity contribution in [3.8, 4) is 0 Å². The Bertz CT molecular complexity index is 1290. The van der Waals surface area contributed by atoms with Gasteiger partial charge in [0.05, 0.1) is 22.0 Å². The minimum atomic E-state index is -0.472. The van der Waals surface area contributed by atoms with E-state index in [1.54, 1.807) is 6.92 Å². The fourth-order valence-corrected chi connectivity index (χ4v) is 4.32. The number of hydrogen-bond donors (Lipinski definition) is 2.